The molecule has 0 saturated heterocycles. The fourth-order valence-corrected chi connectivity index (χ4v) is 3.94. The summed E-state index contributed by atoms with van der Waals surface area (Å²) in [6, 6.07) is 0.971. The van der Waals surface area contributed by atoms with Crippen LogP contribution in [0.3, 0.4) is 0 Å². The Morgan fingerprint density at radius 1 is 1.21 bits per heavy atom. The number of aromatic nitrogens is 1. The first kappa shape index (κ1) is 22.4. The molecule has 0 aliphatic carbocycles. The van der Waals surface area contributed by atoms with Gasteiger partial charge in [-0.05, 0) is 31.5 Å². The summed E-state index contributed by atoms with van der Waals surface area (Å²) in [6.07, 6.45) is 4.23. The van der Waals surface area contributed by atoms with E-state index in [0.717, 1.165) is 23.0 Å². The van der Waals surface area contributed by atoms with Gasteiger partial charge >= 0.3 is 0 Å². The zero-order chi connectivity index (χ0) is 24.0. The van der Waals surface area contributed by atoms with E-state index in [9.17, 15) is 32.7 Å². The number of amides is 2. The van der Waals surface area contributed by atoms with Crippen molar-refractivity contribution in [3.63, 3.8) is 0 Å². The smallest absolute Gasteiger partial charge is 0.278 e. The minimum Gasteiger partial charge on any atom is -0.502 e. The van der Waals surface area contributed by atoms with Crippen LogP contribution in [0.5, 0.6) is 5.75 Å². The second-order valence-corrected chi connectivity index (χ2v) is 8.01. The van der Waals surface area contributed by atoms with Gasteiger partial charge in [0.2, 0.25) is 5.43 Å². The van der Waals surface area contributed by atoms with Gasteiger partial charge in [-0.15, -0.1) is 0 Å². The number of pyridine rings is 1. The van der Waals surface area contributed by atoms with Crippen LogP contribution in [0.25, 0.3) is 0 Å². The highest BCUT2D eigenvalue weighted by atomic mass is 19.1. The van der Waals surface area contributed by atoms with E-state index in [1.54, 1.807) is 19.1 Å². The Labute approximate surface area is 186 Å². The highest BCUT2D eigenvalue weighted by molar-refractivity contribution is 5.99. The molecule has 174 valence electrons. The van der Waals surface area contributed by atoms with Crippen LogP contribution >= 0.6 is 0 Å². The summed E-state index contributed by atoms with van der Waals surface area (Å²) in [7, 11) is 0. The summed E-state index contributed by atoms with van der Waals surface area (Å²) in [5.41, 5.74) is -2.13. The molecule has 3 heterocycles. The molecule has 0 radical (unpaired) electrons. The number of nitrogens with one attached hydrogen (secondary N) is 1. The molecule has 2 amide bonds. The molecule has 2 aliphatic rings. The largest absolute Gasteiger partial charge is 0.502 e. The molecule has 33 heavy (non-hydrogen) atoms. The number of rotatable bonds is 4. The third-order valence-corrected chi connectivity index (χ3v) is 5.80. The Hall–Kier alpha value is -3.76. The quantitative estimate of drug-likeness (QED) is 0.675. The standard InChI is InChI=1S/C22H21F3N4O4/c1-11-5-16(24)14(17(25)6-11)8-26-21(32)15-9-28-18(20(31)19(15)30)22(33)27-10-29(28)13(7-23)4-3-12(27)2/h3-6,9,12-13,31H,7-8,10H2,1-2H3,(H,26,32)/t12-,13+/m0/s1. The Kier molecular flexibility index (Phi) is 5.64. The van der Waals surface area contributed by atoms with Crippen LogP contribution in [0.15, 0.2) is 35.3 Å². The van der Waals surface area contributed by atoms with Crippen molar-refractivity contribution in [2.45, 2.75) is 32.5 Å². The molecule has 2 aromatic rings. The van der Waals surface area contributed by atoms with Crippen molar-refractivity contribution < 1.29 is 27.9 Å². The molecular formula is C22H21F3N4O4. The molecule has 0 fully saturated rings. The van der Waals surface area contributed by atoms with E-state index >= 15 is 0 Å². The van der Waals surface area contributed by atoms with Crippen molar-refractivity contribution in [1.29, 1.82) is 0 Å². The van der Waals surface area contributed by atoms with Crippen LogP contribution in [0.2, 0.25) is 0 Å². The molecule has 1 aromatic carbocycles. The van der Waals surface area contributed by atoms with E-state index in [1.165, 1.54) is 16.8 Å². The molecule has 0 unspecified atom stereocenters. The lowest BCUT2D eigenvalue weighted by atomic mass is 10.1. The number of nitrogens with zero attached hydrogens (tertiary/aromatic N) is 3. The summed E-state index contributed by atoms with van der Waals surface area (Å²) >= 11 is 0. The van der Waals surface area contributed by atoms with Crippen LogP contribution in [-0.4, -0.2) is 51.9 Å². The van der Waals surface area contributed by atoms with Crippen molar-refractivity contribution in [1.82, 2.24) is 14.9 Å². The maximum atomic E-state index is 14.1. The highest BCUT2D eigenvalue weighted by Crippen LogP contribution is 2.26. The first-order valence-electron chi connectivity index (χ1n) is 10.2. The predicted molar refractivity (Wildman–Crippen MR) is 112 cm³/mol. The number of hydrogen-bond acceptors (Lipinski definition) is 5. The van der Waals surface area contributed by atoms with E-state index in [2.05, 4.69) is 5.32 Å². The third kappa shape index (κ3) is 3.73. The second-order valence-electron chi connectivity index (χ2n) is 8.01. The van der Waals surface area contributed by atoms with E-state index in [0.29, 0.717) is 5.56 Å². The van der Waals surface area contributed by atoms with Crippen molar-refractivity contribution in [2.75, 3.05) is 18.4 Å². The van der Waals surface area contributed by atoms with Gasteiger partial charge in [0, 0.05) is 24.3 Å². The molecule has 2 atom stereocenters. The van der Waals surface area contributed by atoms with E-state index in [-0.39, 0.29) is 6.67 Å². The lowest BCUT2D eigenvalue weighted by Crippen LogP contribution is -2.58. The van der Waals surface area contributed by atoms with Gasteiger partial charge in [-0.25, -0.2) is 13.2 Å². The van der Waals surface area contributed by atoms with Crippen LogP contribution < -0.4 is 15.8 Å². The monoisotopic (exact) mass is 462 g/mol. The SMILES string of the molecule is Cc1cc(F)c(CNC(=O)c2cn3c(c(O)c2=O)C(=O)N2CN3[C@@H](CF)C=C[C@@H]2C)c(F)c1. The van der Waals surface area contributed by atoms with E-state index in [1.807, 2.05) is 0 Å². The van der Waals surface area contributed by atoms with Gasteiger partial charge in [-0.3, -0.25) is 24.1 Å². The average molecular weight is 462 g/mol. The van der Waals surface area contributed by atoms with Crippen molar-refractivity contribution in [2.24, 2.45) is 0 Å². The third-order valence-electron chi connectivity index (χ3n) is 5.80. The molecular weight excluding hydrogens is 441 g/mol. The van der Waals surface area contributed by atoms with Crippen molar-refractivity contribution >= 4 is 11.8 Å². The minimum atomic E-state index is -1.13. The van der Waals surface area contributed by atoms with Gasteiger partial charge in [0.25, 0.3) is 11.8 Å². The number of carbonyl (C=O) groups is 2. The van der Waals surface area contributed by atoms with E-state index in [4.69, 9.17) is 0 Å². The van der Waals surface area contributed by atoms with Crippen molar-refractivity contribution in [3.8, 4) is 5.75 Å². The molecule has 2 N–H and O–H groups in total. The number of benzene rings is 1. The van der Waals surface area contributed by atoms with Crippen LogP contribution in [0.1, 0.15) is 38.9 Å². The normalized spacial score (nSPS) is 19.4. The zero-order valence-corrected chi connectivity index (χ0v) is 17.8. The average Bonchev–Trinajstić information content (AvgIpc) is 2.90. The fraction of sp³-hybridized carbons (Fsp3) is 0.318. The summed E-state index contributed by atoms with van der Waals surface area (Å²) in [5, 5.41) is 14.2. The number of aryl methyl sites for hydroxylation is 1. The van der Waals surface area contributed by atoms with Crippen LogP contribution in [-0.2, 0) is 6.54 Å². The van der Waals surface area contributed by atoms with E-state index < -0.39 is 76.8 Å². The van der Waals surface area contributed by atoms with Gasteiger partial charge in [0.15, 0.2) is 11.4 Å². The maximum absolute atomic E-state index is 14.1. The Bertz CT molecular complexity index is 1220. The maximum Gasteiger partial charge on any atom is 0.278 e. The van der Waals surface area contributed by atoms with Gasteiger partial charge in [0.1, 0.15) is 30.5 Å². The lowest BCUT2D eigenvalue weighted by Gasteiger charge is -2.42. The number of carbonyl (C=O) groups excluding carboxylic acids is 2. The molecule has 0 saturated carbocycles. The minimum absolute atomic E-state index is 0.0439. The van der Waals surface area contributed by atoms with Gasteiger partial charge < -0.3 is 15.3 Å². The lowest BCUT2D eigenvalue weighted by molar-refractivity contribution is 0.0648. The summed E-state index contributed by atoms with van der Waals surface area (Å²) in [6.45, 7) is 1.80. The molecule has 1 aromatic heterocycles. The molecule has 2 aliphatic heterocycles. The number of alkyl halides is 1. The number of hydrogen-bond donors (Lipinski definition) is 2. The molecule has 2 bridgehead atoms. The number of fused-ring (bicyclic) bond motifs is 4. The van der Waals surface area contributed by atoms with Crippen LogP contribution in [0, 0.1) is 18.6 Å². The molecule has 0 spiro atoms. The van der Waals surface area contributed by atoms with Crippen LogP contribution in [0.4, 0.5) is 13.2 Å². The second kappa shape index (κ2) is 8.30. The van der Waals surface area contributed by atoms with Crippen molar-refractivity contribution in [3.05, 3.63) is 74.7 Å². The Balaban J connectivity index is 1.72. The molecule has 11 heteroatoms. The topological polar surface area (TPSA) is 94.9 Å². The van der Waals surface area contributed by atoms with Gasteiger partial charge in [0.05, 0.1) is 6.04 Å². The number of halogens is 3. The Morgan fingerprint density at radius 3 is 2.52 bits per heavy atom. The summed E-state index contributed by atoms with van der Waals surface area (Å²) in [5.74, 6) is -4.37. The number of aromatic hydroxyl groups is 1. The summed E-state index contributed by atoms with van der Waals surface area (Å²) in [4.78, 5) is 39.7. The molecule has 8 nitrogen and oxygen atoms in total. The fourth-order valence-electron chi connectivity index (χ4n) is 3.94. The highest BCUT2D eigenvalue weighted by Gasteiger charge is 2.39. The zero-order valence-electron chi connectivity index (χ0n) is 17.8. The predicted octanol–water partition coefficient (Wildman–Crippen LogP) is 1.72. The molecule has 4 rings (SSSR count). The van der Waals surface area contributed by atoms with Gasteiger partial charge in [-0.2, -0.15) is 0 Å². The first-order chi connectivity index (χ1) is 15.6. The summed E-state index contributed by atoms with van der Waals surface area (Å²) < 4.78 is 43.0. The first-order valence-corrected chi connectivity index (χ1v) is 10.2. The van der Waals surface area contributed by atoms with Gasteiger partial charge in [-0.1, -0.05) is 12.2 Å². The Morgan fingerprint density at radius 2 is 1.88 bits per heavy atom.